The predicted molar refractivity (Wildman–Crippen MR) is 28.6 cm³/mol. The minimum absolute atomic E-state index is 0.257. The Hall–Kier alpha value is -0.160. The van der Waals surface area contributed by atoms with Crippen LogP contribution < -0.4 is 0 Å². The van der Waals surface area contributed by atoms with Crippen molar-refractivity contribution >= 4 is 0 Å². The lowest BCUT2D eigenvalue weighted by Gasteiger charge is -2.01. The molecular weight excluding hydrogens is 124 g/mol. The second-order valence-corrected chi connectivity index (χ2v) is 2.14. The third-order valence-corrected chi connectivity index (χ3v) is 1.27. The molecule has 0 aromatic carbocycles. The van der Waals surface area contributed by atoms with Gasteiger partial charge >= 0.3 is 0 Å². The molecule has 3 atom stereocenters. The number of hydrogen-bond acceptors (Lipinski definition) is 4. The quantitative estimate of drug-likeness (QED) is 0.408. The summed E-state index contributed by atoms with van der Waals surface area (Å²) in [6.07, 6.45) is -1.41. The molecule has 0 aliphatic carbocycles. The summed E-state index contributed by atoms with van der Waals surface area (Å²) in [5.74, 6) is 0. The van der Waals surface area contributed by atoms with Crippen LogP contribution in [0.3, 0.4) is 0 Å². The zero-order valence-corrected chi connectivity index (χ0v) is 4.90. The van der Waals surface area contributed by atoms with Crippen LogP contribution in [0.25, 0.3) is 0 Å². The molecule has 0 spiro atoms. The summed E-state index contributed by atoms with van der Waals surface area (Å²) in [5, 5.41) is 25.6. The molecule has 0 amide bonds. The van der Waals surface area contributed by atoms with Crippen LogP contribution in [0.4, 0.5) is 0 Å². The van der Waals surface area contributed by atoms with E-state index in [-0.39, 0.29) is 12.7 Å². The Kier molecular flexibility index (Phi) is 2.02. The molecule has 0 radical (unpaired) electrons. The summed E-state index contributed by atoms with van der Waals surface area (Å²) in [6, 6.07) is 0. The summed E-state index contributed by atoms with van der Waals surface area (Å²) in [4.78, 5) is 0. The van der Waals surface area contributed by atoms with Crippen LogP contribution in [0.2, 0.25) is 0 Å². The minimum atomic E-state index is -0.757. The number of rotatable bonds is 3. The van der Waals surface area contributed by atoms with Gasteiger partial charge in [0.05, 0.1) is 12.7 Å². The van der Waals surface area contributed by atoms with Crippen molar-refractivity contribution in [1.29, 1.82) is 0 Å². The molecule has 4 nitrogen and oxygen atoms in total. The summed E-state index contributed by atoms with van der Waals surface area (Å²) < 4.78 is 4.57. The average molecular weight is 134 g/mol. The van der Waals surface area contributed by atoms with Crippen LogP contribution >= 0.6 is 0 Å². The van der Waals surface area contributed by atoms with Gasteiger partial charge in [0.15, 0.2) is 6.29 Å². The Balaban J connectivity index is 2.05. The zero-order chi connectivity index (χ0) is 6.85. The SMILES string of the molecule is OCC(O)CC1OC1O. The lowest BCUT2D eigenvalue weighted by atomic mass is 10.2. The van der Waals surface area contributed by atoms with Crippen molar-refractivity contribution in [2.24, 2.45) is 0 Å². The first kappa shape index (κ1) is 6.95. The highest BCUT2D eigenvalue weighted by atomic mass is 16.7. The van der Waals surface area contributed by atoms with Gasteiger partial charge in [-0.05, 0) is 0 Å². The second kappa shape index (κ2) is 2.62. The molecule has 3 N–H and O–H groups in total. The van der Waals surface area contributed by atoms with Gasteiger partial charge in [0.25, 0.3) is 0 Å². The van der Waals surface area contributed by atoms with Gasteiger partial charge in [-0.3, -0.25) is 0 Å². The largest absolute Gasteiger partial charge is 0.394 e. The van der Waals surface area contributed by atoms with Gasteiger partial charge in [-0.15, -0.1) is 0 Å². The van der Waals surface area contributed by atoms with E-state index in [4.69, 9.17) is 15.3 Å². The van der Waals surface area contributed by atoms with E-state index in [0.717, 1.165) is 0 Å². The maximum atomic E-state index is 8.75. The Bertz CT molecular complexity index is 93.0. The number of aliphatic hydroxyl groups is 3. The summed E-state index contributed by atoms with van der Waals surface area (Å²) >= 11 is 0. The highest BCUT2D eigenvalue weighted by Gasteiger charge is 2.37. The third-order valence-electron chi connectivity index (χ3n) is 1.27. The van der Waals surface area contributed by atoms with Gasteiger partial charge in [0.1, 0.15) is 6.10 Å². The summed E-state index contributed by atoms with van der Waals surface area (Å²) in [7, 11) is 0. The first-order valence-corrected chi connectivity index (χ1v) is 2.86. The Morgan fingerprint density at radius 3 is 2.44 bits per heavy atom. The molecule has 1 aliphatic rings. The number of ether oxygens (including phenoxy) is 1. The first-order valence-electron chi connectivity index (χ1n) is 2.86. The molecule has 1 saturated heterocycles. The van der Waals surface area contributed by atoms with Gasteiger partial charge in [-0.1, -0.05) is 0 Å². The van der Waals surface area contributed by atoms with Gasteiger partial charge in [0, 0.05) is 6.42 Å². The van der Waals surface area contributed by atoms with Crippen LogP contribution in [0.15, 0.2) is 0 Å². The van der Waals surface area contributed by atoms with Crippen molar-refractivity contribution in [3.05, 3.63) is 0 Å². The molecule has 0 aromatic heterocycles. The van der Waals surface area contributed by atoms with Crippen molar-refractivity contribution in [1.82, 2.24) is 0 Å². The highest BCUT2D eigenvalue weighted by molar-refractivity contribution is 4.77. The number of aliphatic hydroxyl groups excluding tert-OH is 3. The van der Waals surface area contributed by atoms with Gasteiger partial charge in [-0.25, -0.2) is 0 Å². The fourth-order valence-corrected chi connectivity index (χ4v) is 0.648. The fourth-order valence-electron chi connectivity index (χ4n) is 0.648. The zero-order valence-electron chi connectivity index (χ0n) is 4.90. The van der Waals surface area contributed by atoms with E-state index >= 15 is 0 Å². The van der Waals surface area contributed by atoms with Crippen molar-refractivity contribution in [3.8, 4) is 0 Å². The van der Waals surface area contributed by atoms with E-state index < -0.39 is 12.4 Å². The van der Waals surface area contributed by atoms with Crippen molar-refractivity contribution < 1.29 is 20.1 Å². The van der Waals surface area contributed by atoms with Crippen LogP contribution in [-0.2, 0) is 4.74 Å². The van der Waals surface area contributed by atoms with Crippen LogP contribution in [0.5, 0.6) is 0 Å². The molecule has 54 valence electrons. The maximum Gasteiger partial charge on any atom is 0.181 e. The highest BCUT2D eigenvalue weighted by Crippen LogP contribution is 2.23. The molecule has 0 bridgehead atoms. The van der Waals surface area contributed by atoms with Gasteiger partial charge in [-0.2, -0.15) is 0 Å². The van der Waals surface area contributed by atoms with E-state index in [1.54, 1.807) is 0 Å². The first-order chi connectivity index (χ1) is 4.24. The van der Waals surface area contributed by atoms with E-state index in [2.05, 4.69) is 4.74 Å². The molecule has 1 fully saturated rings. The molecule has 1 heterocycles. The van der Waals surface area contributed by atoms with E-state index in [1.165, 1.54) is 0 Å². The van der Waals surface area contributed by atoms with Gasteiger partial charge < -0.3 is 20.1 Å². The van der Waals surface area contributed by atoms with Gasteiger partial charge in [0.2, 0.25) is 0 Å². The molecule has 0 aromatic rings. The fraction of sp³-hybridized carbons (Fsp3) is 1.00. The van der Waals surface area contributed by atoms with Crippen molar-refractivity contribution in [3.63, 3.8) is 0 Å². The standard InChI is InChI=1S/C5H10O4/c6-2-3(7)1-4-5(8)9-4/h3-8H,1-2H2. The third kappa shape index (κ3) is 1.91. The maximum absolute atomic E-state index is 8.75. The molecule has 9 heavy (non-hydrogen) atoms. The van der Waals surface area contributed by atoms with Crippen LogP contribution in [0.1, 0.15) is 6.42 Å². The van der Waals surface area contributed by atoms with E-state index in [1.807, 2.05) is 0 Å². The predicted octanol–water partition coefficient (Wildman–Crippen LogP) is -1.55. The van der Waals surface area contributed by atoms with Crippen molar-refractivity contribution in [2.75, 3.05) is 6.61 Å². The molecule has 3 unspecified atom stereocenters. The summed E-state index contributed by atoms with van der Waals surface area (Å²) in [5.41, 5.74) is 0. The van der Waals surface area contributed by atoms with Crippen LogP contribution in [0, 0.1) is 0 Å². The Labute approximate surface area is 52.7 Å². The minimum Gasteiger partial charge on any atom is -0.394 e. The van der Waals surface area contributed by atoms with Crippen LogP contribution in [-0.4, -0.2) is 40.4 Å². The molecule has 4 heteroatoms. The number of hydrogen-bond donors (Lipinski definition) is 3. The Morgan fingerprint density at radius 2 is 2.11 bits per heavy atom. The smallest absolute Gasteiger partial charge is 0.181 e. The lowest BCUT2D eigenvalue weighted by Crippen LogP contribution is -2.15. The number of epoxide rings is 1. The second-order valence-electron chi connectivity index (χ2n) is 2.14. The van der Waals surface area contributed by atoms with E-state index in [0.29, 0.717) is 6.42 Å². The molecule has 1 aliphatic heterocycles. The monoisotopic (exact) mass is 134 g/mol. The molecular formula is C5H10O4. The van der Waals surface area contributed by atoms with E-state index in [9.17, 15) is 0 Å². The average Bonchev–Trinajstić information content (AvgIpc) is 2.47. The normalized spacial score (nSPS) is 36.3. The molecule has 1 rings (SSSR count). The molecule has 0 saturated carbocycles. The lowest BCUT2D eigenvalue weighted by molar-refractivity contribution is 0.0814. The summed E-state index contributed by atoms with van der Waals surface area (Å²) in [6.45, 7) is -0.271. The topological polar surface area (TPSA) is 73.2 Å². The van der Waals surface area contributed by atoms with Crippen molar-refractivity contribution in [2.45, 2.75) is 24.9 Å². The Morgan fingerprint density at radius 1 is 1.56 bits per heavy atom.